The van der Waals surface area contributed by atoms with Crippen molar-refractivity contribution in [3.8, 4) is 16.9 Å². The number of rotatable bonds is 16. The standard InChI is InChI=1S/C23H22F2O.C23H26F2O/c1-3-26-21-15-14-20(22(24)23(21)25)19-12-10-18(11-13-19)9-8-17-6-4-16(2)5-7-17;1-7-20-12-14-21(15-13-20)11-9-16(2)8-10-17(3)18(4)22(24)23(25)19(5)26-6/h4-7,10-15H,3,8-9H2,1-2H3;8,10,12-15H,2-5,7,9,11H2,1,6H3/b;10-8-,23-22-. The Morgan fingerprint density at radius 3 is 1.75 bits per heavy atom. The molecule has 52 heavy (non-hydrogen) atoms. The Balaban J connectivity index is 0.000000280. The zero-order valence-corrected chi connectivity index (χ0v) is 30.6. The van der Waals surface area contributed by atoms with Crippen molar-refractivity contribution in [1.29, 1.82) is 0 Å². The summed E-state index contributed by atoms with van der Waals surface area (Å²) in [4.78, 5) is 0. The van der Waals surface area contributed by atoms with Crippen molar-refractivity contribution in [2.75, 3.05) is 13.7 Å². The molecule has 0 atom stereocenters. The first kappa shape index (κ1) is 41.1. The maximum Gasteiger partial charge on any atom is 0.201 e. The molecule has 4 rings (SSSR count). The maximum atomic E-state index is 14.3. The quantitative estimate of drug-likeness (QED) is 0.0655. The van der Waals surface area contributed by atoms with E-state index >= 15 is 0 Å². The highest BCUT2D eigenvalue weighted by molar-refractivity contribution is 5.65. The Hall–Kier alpha value is -5.36. The molecule has 0 N–H and O–H groups in total. The van der Waals surface area contributed by atoms with E-state index in [1.807, 2.05) is 24.3 Å². The van der Waals surface area contributed by atoms with Crippen LogP contribution < -0.4 is 4.74 Å². The van der Waals surface area contributed by atoms with E-state index in [1.54, 1.807) is 25.1 Å². The minimum absolute atomic E-state index is 0.0523. The molecule has 0 radical (unpaired) electrons. The molecule has 0 aromatic heterocycles. The third-order valence-corrected chi connectivity index (χ3v) is 8.46. The molecule has 0 heterocycles. The van der Waals surface area contributed by atoms with E-state index < -0.39 is 23.3 Å². The van der Waals surface area contributed by atoms with Crippen LogP contribution in [0.3, 0.4) is 0 Å². The van der Waals surface area contributed by atoms with Gasteiger partial charge in [0.05, 0.1) is 13.7 Å². The van der Waals surface area contributed by atoms with Crippen LogP contribution in [-0.4, -0.2) is 13.7 Å². The summed E-state index contributed by atoms with van der Waals surface area (Å²) < 4.78 is 65.7. The normalized spacial score (nSPS) is 11.3. The Labute approximate surface area is 306 Å². The number of allylic oxidation sites excluding steroid dienone is 7. The minimum Gasteiger partial charge on any atom is -0.494 e. The summed E-state index contributed by atoms with van der Waals surface area (Å²) in [6.45, 7) is 20.7. The Kier molecular flexibility index (Phi) is 16.2. The zero-order valence-electron chi connectivity index (χ0n) is 30.6. The molecule has 4 aromatic rings. The summed E-state index contributed by atoms with van der Waals surface area (Å²) in [7, 11) is 1.21. The lowest BCUT2D eigenvalue weighted by Gasteiger charge is -2.10. The third-order valence-electron chi connectivity index (χ3n) is 8.46. The smallest absolute Gasteiger partial charge is 0.201 e. The molecule has 0 saturated carbocycles. The lowest BCUT2D eigenvalue weighted by Crippen LogP contribution is -1.98. The second-order valence-electron chi connectivity index (χ2n) is 12.3. The number of benzene rings is 4. The van der Waals surface area contributed by atoms with Crippen LogP contribution in [-0.2, 0) is 30.4 Å². The molecule has 0 unspecified atom stereocenters. The van der Waals surface area contributed by atoms with Gasteiger partial charge in [-0.1, -0.05) is 129 Å². The van der Waals surface area contributed by atoms with Gasteiger partial charge in [0.25, 0.3) is 0 Å². The third kappa shape index (κ3) is 12.2. The van der Waals surface area contributed by atoms with Crippen LogP contribution in [0.25, 0.3) is 11.1 Å². The fraction of sp³-hybridized carbons (Fsp3) is 0.217. The fourth-order valence-corrected chi connectivity index (χ4v) is 5.05. The lowest BCUT2D eigenvalue weighted by atomic mass is 9.99. The topological polar surface area (TPSA) is 18.5 Å². The Morgan fingerprint density at radius 2 is 1.19 bits per heavy atom. The molecule has 0 aliphatic carbocycles. The van der Waals surface area contributed by atoms with E-state index in [1.165, 1.54) is 41.0 Å². The predicted octanol–water partition coefficient (Wildman–Crippen LogP) is 12.8. The SMILES string of the molecule is C=C(/C=C\C(=C)C(=C)/C(F)=C(/F)C(=C)OC)CCc1ccc(CC)cc1.CCOc1ccc(-c2ccc(CCc3ccc(C)cc3)cc2)c(F)c1F. The molecule has 0 aliphatic heterocycles. The van der Waals surface area contributed by atoms with Gasteiger partial charge in [-0.2, -0.15) is 8.78 Å². The fourth-order valence-electron chi connectivity index (χ4n) is 5.05. The summed E-state index contributed by atoms with van der Waals surface area (Å²) in [5, 5.41) is 0. The molecular weight excluding hydrogens is 660 g/mol. The molecule has 4 aromatic carbocycles. The van der Waals surface area contributed by atoms with Gasteiger partial charge in [0.1, 0.15) is 5.76 Å². The molecule has 2 nitrogen and oxygen atoms in total. The van der Waals surface area contributed by atoms with Crippen LogP contribution in [0.15, 0.2) is 158 Å². The van der Waals surface area contributed by atoms with E-state index in [-0.39, 0.29) is 28.2 Å². The number of aryl methyl sites for hydroxylation is 5. The largest absolute Gasteiger partial charge is 0.494 e. The summed E-state index contributed by atoms with van der Waals surface area (Å²) >= 11 is 0. The van der Waals surface area contributed by atoms with Gasteiger partial charge in [-0.3, -0.25) is 0 Å². The van der Waals surface area contributed by atoms with E-state index in [0.717, 1.165) is 37.7 Å². The summed E-state index contributed by atoms with van der Waals surface area (Å²) in [6, 6.07) is 27.6. The zero-order chi connectivity index (χ0) is 38.2. The van der Waals surface area contributed by atoms with Gasteiger partial charge in [0.15, 0.2) is 17.4 Å². The van der Waals surface area contributed by atoms with Crippen molar-refractivity contribution in [2.45, 2.75) is 52.9 Å². The summed E-state index contributed by atoms with van der Waals surface area (Å²) in [6.07, 6.45) is 7.81. The van der Waals surface area contributed by atoms with Crippen LogP contribution in [0, 0.1) is 18.6 Å². The van der Waals surface area contributed by atoms with E-state index in [2.05, 4.69) is 93.4 Å². The number of ether oxygens (including phenoxy) is 2. The Morgan fingerprint density at radius 1 is 0.654 bits per heavy atom. The van der Waals surface area contributed by atoms with Crippen LogP contribution in [0.2, 0.25) is 0 Å². The average Bonchev–Trinajstić information content (AvgIpc) is 3.17. The van der Waals surface area contributed by atoms with E-state index in [4.69, 9.17) is 4.74 Å². The molecule has 0 spiro atoms. The van der Waals surface area contributed by atoms with Crippen molar-refractivity contribution < 1.29 is 27.0 Å². The maximum absolute atomic E-state index is 14.3. The molecule has 0 saturated heterocycles. The van der Waals surface area contributed by atoms with Gasteiger partial charge < -0.3 is 9.47 Å². The van der Waals surface area contributed by atoms with Crippen molar-refractivity contribution in [3.05, 3.63) is 197 Å². The second-order valence-corrected chi connectivity index (χ2v) is 12.3. The average molecular weight is 709 g/mol. The first-order valence-electron chi connectivity index (χ1n) is 17.2. The minimum atomic E-state index is -1.18. The highest BCUT2D eigenvalue weighted by Crippen LogP contribution is 2.30. The molecular formula is C46H48F4O2. The van der Waals surface area contributed by atoms with Crippen LogP contribution in [0.5, 0.6) is 5.75 Å². The molecule has 0 bridgehead atoms. The monoisotopic (exact) mass is 708 g/mol. The summed E-state index contributed by atoms with van der Waals surface area (Å²) in [5.74, 6) is -4.56. The predicted molar refractivity (Wildman–Crippen MR) is 208 cm³/mol. The van der Waals surface area contributed by atoms with Crippen molar-refractivity contribution in [2.24, 2.45) is 0 Å². The molecule has 0 aliphatic rings. The van der Waals surface area contributed by atoms with Crippen LogP contribution in [0.4, 0.5) is 17.6 Å². The molecule has 6 heteroatoms. The highest BCUT2D eigenvalue weighted by atomic mass is 19.2. The van der Waals surface area contributed by atoms with Crippen molar-refractivity contribution in [3.63, 3.8) is 0 Å². The molecule has 0 fully saturated rings. The molecule has 272 valence electrons. The van der Waals surface area contributed by atoms with Gasteiger partial charge in [-0.05, 0) is 91.5 Å². The van der Waals surface area contributed by atoms with Crippen molar-refractivity contribution in [1.82, 2.24) is 0 Å². The first-order chi connectivity index (χ1) is 24.9. The van der Waals surface area contributed by atoms with Crippen molar-refractivity contribution >= 4 is 0 Å². The number of hydrogen-bond donors (Lipinski definition) is 0. The van der Waals surface area contributed by atoms with Gasteiger partial charge in [-0.25, -0.2) is 8.78 Å². The van der Waals surface area contributed by atoms with Crippen LogP contribution >= 0.6 is 0 Å². The van der Waals surface area contributed by atoms with Gasteiger partial charge >= 0.3 is 0 Å². The number of hydrogen-bond acceptors (Lipinski definition) is 2. The second kappa shape index (κ2) is 20.5. The van der Waals surface area contributed by atoms with Gasteiger partial charge in [0, 0.05) is 11.1 Å². The van der Waals surface area contributed by atoms with Crippen LogP contribution in [0.1, 0.15) is 48.1 Å². The lowest BCUT2D eigenvalue weighted by molar-refractivity contribution is 0.281. The Bertz CT molecular complexity index is 1900. The van der Waals surface area contributed by atoms with Gasteiger partial charge in [0.2, 0.25) is 11.6 Å². The first-order valence-corrected chi connectivity index (χ1v) is 17.2. The van der Waals surface area contributed by atoms with Gasteiger partial charge in [-0.15, -0.1) is 0 Å². The highest BCUT2D eigenvalue weighted by Gasteiger charge is 2.16. The van der Waals surface area contributed by atoms with E-state index in [9.17, 15) is 17.6 Å². The summed E-state index contributed by atoms with van der Waals surface area (Å²) in [5.41, 5.74) is 8.12. The number of halogens is 4. The number of methoxy groups -OCH3 is 1. The molecule has 0 amide bonds. The van der Waals surface area contributed by atoms with E-state index in [0.29, 0.717) is 12.2 Å².